The molecule has 0 aliphatic heterocycles. The van der Waals surface area contributed by atoms with E-state index in [1.165, 1.54) is 6.92 Å². The average molecular weight is 371 g/mol. The van der Waals surface area contributed by atoms with Crippen LogP contribution in [0.1, 0.15) is 34.0 Å². The van der Waals surface area contributed by atoms with Crippen LogP contribution in [0.2, 0.25) is 0 Å². The standard InChI is InChI=1S/C25H25NO2/c1-17-13-18(2)15-23(14-17)25(28)26-24(19(3)27)16-20-9-11-22(12-10-20)21-7-5-4-6-8-21/h4-15,24H,16H2,1-3H3,(H,26,28). The Balaban J connectivity index is 1.72. The normalized spacial score (nSPS) is 11.7. The maximum atomic E-state index is 12.6. The van der Waals surface area contributed by atoms with Crippen LogP contribution in [-0.4, -0.2) is 17.7 Å². The minimum atomic E-state index is -0.545. The second kappa shape index (κ2) is 8.66. The number of hydrogen-bond acceptors (Lipinski definition) is 2. The lowest BCUT2D eigenvalue weighted by Crippen LogP contribution is -2.41. The molecule has 1 amide bonds. The zero-order valence-electron chi connectivity index (χ0n) is 16.5. The monoisotopic (exact) mass is 371 g/mol. The van der Waals surface area contributed by atoms with Crippen LogP contribution in [0.3, 0.4) is 0 Å². The predicted molar refractivity (Wildman–Crippen MR) is 113 cm³/mol. The lowest BCUT2D eigenvalue weighted by atomic mass is 9.99. The van der Waals surface area contributed by atoms with Gasteiger partial charge in [0.25, 0.3) is 5.91 Å². The third kappa shape index (κ3) is 4.95. The first-order valence-electron chi connectivity index (χ1n) is 9.46. The third-order valence-corrected chi connectivity index (χ3v) is 4.78. The van der Waals surface area contributed by atoms with Gasteiger partial charge in [0.1, 0.15) is 0 Å². The van der Waals surface area contributed by atoms with Gasteiger partial charge in [-0.2, -0.15) is 0 Å². The van der Waals surface area contributed by atoms with Crippen molar-refractivity contribution in [3.8, 4) is 11.1 Å². The minimum absolute atomic E-state index is 0.0511. The Morgan fingerprint density at radius 1 is 0.821 bits per heavy atom. The number of carbonyl (C=O) groups is 2. The molecule has 1 atom stereocenters. The summed E-state index contributed by atoms with van der Waals surface area (Å²) in [6.45, 7) is 5.44. The van der Waals surface area contributed by atoms with E-state index in [0.29, 0.717) is 12.0 Å². The van der Waals surface area contributed by atoms with E-state index in [0.717, 1.165) is 27.8 Å². The third-order valence-electron chi connectivity index (χ3n) is 4.78. The van der Waals surface area contributed by atoms with Gasteiger partial charge in [-0.05, 0) is 56.0 Å². The quantitative estimate of drug-likeness (QED) is 0.670. The summed E-state index contributed by atoms with van der Waals surface area (Å²) < 4.78 is 0. The Hall–Kier alpha value is -3.20. The molecule has 0 aliphatic carbocycles. The van der Waals surface area contributed by atoms with Crippen molar-refractivity contribution in [1.82, 2.24) is 5.32 Å². The van der Waals surface area contributed by atoms with E-state index in [1.807, 2.05) is 74.5 Å². The molecule has 0 fully saturated rings. The van der Waals surface area contributed by atoms with Gasteiger partial charge in [-0.3, -0.25) is 9.59 Å². The van der Waals surface area contributed by atoms with Gasteiger partial charge in [-0.15, -0.1) is 0 Å². The van der Waals surface area contributed by atoms with Gasteiger partial charge >= 0.3 is 0 Å². The summed E-state index contributed by atoms with van der Waals surface area (Å²) in [6.07, 6.45) is 0.473. The second-order valence-electron chi connectivity index (χ2n) is 7.28. The summed E-state index contributed by atoms with van der Waals surface area (Å²) in [7, 11) is 0. The molecule has 0 spiro atoms. The van der Waals surface area contributed by atoms with Gasteiger partial charge in [0.2, 0.25) is 0 Å². The number of hydrogen-bond donors (Lipinski definition) is 1. The van der Waals surface area contributed by atoms with E-state index < -0.39 is 6.04 Å². The molecule has 3 heteroatoms. The maximum Gasteiger partial charge on any atom is 0.251 e. The van der Waals surface area contributed by atoms with E-state index in [4.69, 9.17) is 0 Å². The number of carbonyl (C=O) groups excluding carboxylic acids is 2. The number of rotatable bonds is 6. The van der Waals surface area contributed by atoms with Crippen molar-refractivity contribution in [2.45, 2.75) is 33.2 Å². The van der Waals surface area contributed by atoms with Crippen LogP contribution in [0.5, 0.6) is 0 Å². The van der Waals surface area contributed by atoms with Gasteiger partial charge in [0.15, 0.2) is 5.78 Å². The molecule has 0 aromatic heterocycles. The van der Waals surface area contributed by atoms with E-state index in [-0.39, 0.29) is 11.7 Å². The van der Waals surface area contributed by atoms with Crippen molar-refractivity contribution in [3.05, 3.63) is 95.1 Å². The predicted octanol–water partition coefficient (Wildman–Crippen LogP) is 4.90. The van der Waals surface area contributed by atoms with Crippen LogP contribution in [0.15, 0.2) is 72.8 Å². The van der Waals surface area contributed by atoms with Gasteiger partial charge in [-0.1, -0.05) is 71.8 Å². The molecule has 142 valence electrons. The Labute approximate surface area is 166 Å². The molecule has 3 aromatic carbocycles. The molecule has 0 saturated heterocycles. The zero-order chi connectivity index (χ0) is 20.1. The van der Waals surface area contributed by atoms with Crippen molar-refractivity contribution in [2.24, 2.45) is 0 Å². The molecule has 3 nitrogen and oxygen atoms in total. The number of benzene rings is 3. The van der Waals surface area contributed by atoms with E-state index in [2.05, 4.69) is 17.4 Å². The summed E-state index contributed by atoms with van der Waals surface area (Å²) in [4.78, 5) is 24.8. The Bertz CT molecular complexity index is 955. The first-order chi connectivity index (χ1) is 13.4. The number of nitrogens with one attached hydrogen (secondary N) is 1. The average Bonchev–Trinajstić information content (AvgIpc) is 2.68. The van der Waals surface area contributed by atoms with Crippen molar-refractivity contribution in [3.63, 3.8) is 0 Å². The van der Waals surface area contributed by atoms with Crippen molar-refractivity contribution < 1.29 is 9.59 Å². The van der Waals surface area contributed by atoms with Crippen LogP contribution in [0.4, 0.5) is 0 Å². The molecule has 0 radical (unpaired) electrons. The minimum Gasteiger partial charge on any atom is -0.342 e. The second-order valence-corrected chi connectivity index (χ2v) is 7.28. The molecular formula is C25H25NO2. The van der Waals surface area contributed by atoms with Crippen molar-refractivity contribution in [1.29, 1.82) is 0 Å². The summed E-state index contributed by atoms with van der Waals surface area (Å²) in [5.41, 5.74) is 5.94. The Morgan fingerprint density at radius 3 is 1.96 bits per heavy atom. The smallest absolute Gasteiger partial charge is 0.251 e. The van der Waals surface area contributed by atoms with Crippen molar-refractivity contribution >= 4 is 11.7 Å². The first-order valence-corrected chi connectivity index (χ1v) is 9.46. The lowest BCUT2D eigenvalue weighted by Gasteiger charge is -2.17. The number of aryl methyl sites for hydroxylation is 2. The molecule has 0 bridgehead atoms. The molecule has 1 N–H and O–H groups in total. The number of amides is 1. The highest BCUT2D eigenvalue weighted by Crippen LogP contribution is 2.20. The van der Waals surface area contributed by atoms with Crippen LogP contribution >= 0.6 is 0 Å². The molecule has 0 saturated carbocycles. The van der Waals surface area contributed by atoms with Crippen LogP contribution in [-0.2, 0) is 11.2 Å². The zero-order valence-corrected chi connectivity index (χ0v) is 16.5. The van der Waals surface area contributed by atoms with Gasteiger partial charge < -0.3 is 5.32 Å². The van der Waals surface area contributed by atoms with Crippen LogP contribution in [0.25, 0.3) is 11.1 Å². The summed E-state index contributed by atoms with van der Waals surface area (Å²) >= 11 is 0. The molecule has 1 unspecified atom stereocenters. The number of ketones is 1. The Kier molecular flexibility index (Phi) is 6.05. The van der Waals surface area contributed by atoms with E-state index >= 15 is 0 Å². The first kappa shape index (κ1) is 19.6. The number of Topliss-reactive ketones (excluding diaryl/α,β-unsaturated/α-hetero) is 1. The molecule has 28 heavy (non-hydrogen) atoms. The fourth-order valence-corrected chi connectivity index (χ4v) is 3.34. The van der Waals surface area contributed by atoms with Crippen molar-refractivity contribution in [2.75, 3.05) is 0 Å². The molecule has 3 aromatic rings. The summed E-state index contributed by atoms with van der Waals surface area (Å²) in [5, 5.41) is 2.89. The largest absolute Gasteiger partial charge is 0.342 e. The van der Waals surface area contributed by atoms with Gasteiger partial charge in [0.05, 0.1) is 6.04 Å². The van der Waals surface area contributed by atoms with E-state index in [1.54, 1.807) is 0 Å². The van der Waals surface area contributed by atoms with Gasteiger partial charge in [0, 0.05) is 5.56 Å². The highest BCUT2D eigenvalue weighted by atomic mass is 16.2. The molecule has 3 rings (SSSR count). The SMILES string of the molecule is CC(=O)C(Cc1ccc(-c2ccccc2)cc1)NC(=O)c1cc(C)cc(C)c1. The Morgan fingerprint density at radius 2 is 1.39 bits per heavy atom. The molecule has 0 heterocycles. The fraction of sp³-hybridized carbons (Fsp3) is 0.200. The van der Waals surface area contributed by atoms with Crippen LogP contribution < -0.4 is 5.32 Å². The van der Waals surface area contributed by atoms with Gasteiger partial charge in [-0.25, -0.2) is 0 Å². The summed E-state index contributed by atoms with van der Waals surface area (Å²) in [5.74, 6) is -0.266. The highest BCUT2D eigenvalue weighted by Gasteiger charge is 2.19. The van der Waals surface area contributed by atoms with Crippen LogP contribution in [0, 0.1) is 13.8 Å². The fourth-order valence-electron chi connectivity index (χ4n) is 3.34. The lowest BCUT2D eigenvalue weighted by molar-refractivity contribution is -0.118. The molecular weight excluding hydrogens is 346 g/mol. The topological polar surface area (TPSA) is 46.2 Å². The van der Waals surface area contributed by atoms with E-state index in [9.17, 15) is 9.59 Å². The summed E-state index contributed by atoms with van der Waals surface area (Å²) in [6, 6.07) is 23.4. The molecule has 0 aliphatic rings. The highest BCUT2D eigenvalue weighted by molar-refractivity contribution is 5.97. The maximum absolute atomic E-state index is 12.6.